The summed E-state index contributed by atoms with van der Waals surface area (Å²) in [5, 5.41) is 4.40. The molecule has 2 aromatic rings. The summed E-state index contributed by atoms with van der Waals surface area (Å²) in [6, 6.07) is 6.98. The van der Waals surface area contributed by atoms with Crippen LogP contribution in [0.5, 0.6) is 0 Å². The minimum atomic E-state index is -0.445. The van der Waals surface area contributed by atoms with Crippen molar-refractivity contribution < 1.29 is 4.84 Å². The van der Waals surface area contributed by atoms with Crippen LogP contribution in [0, 0.1) is 5.92 Å². The Morgan fingerprint density at radius 3 is 2.61 bits per heavy atom. The van der Waals surface area contributed by atoms with E-state index in [0.717, 1.165) is 47.4 Å². The summed E-state index contributed by atoms with van der Waals surface area (Å²) in [5.41, 5.74) is 18.0. The average molecular weight is 380 g/mol. The third-order valence-electron chi connectivity index (χ3n) is 6.29. The number of oxime groups is 1. The number of rotatable bonds is 3. The molecule has 0 atom stereocenters. The number of hydrogen-bond acceptors (Lipinski definition) is 6. The molecule has 1 saturated carbocycles. The lowest BCUT2D eigenvalue weighted by Crippen LogP contribution is -2.36. The van der Waals surface area contributed by atoms with Crippen LogP contribution in [0.25, 0.3) is 11.3 Å². The zero-order chi connectivity index (χ0) is 19.9. The van der Waals surface area contributed by atoms with Gasteiger partial charge in [-0.25, -0.2) is 9.97 Å². The fourth-order valence-electron chi connectivity index (χ4n) is 4.78. The number of benzene rings is 1. The molecule has 0 amide bonds. The molecule has 6 nitrogen and oxygen atoms in total. The van der Waals surface area contributed by atoms with Crippen molar-refractivity contribution in [3.05, 3.63) is 41.2 Å². The first-order valence-corrected chi connectivity index (χ1v) is 10.0. The minimum absolute atomic E-state index is 0.377. The van der Waals surface area contributed by atoms with Gasteiger partial charge in [-0.3, -0.25) is 0 Å². The maximum Gasteiger partial charge on any atom is 0.131 e. The molecule has 0 spiro atoms. The van der Waals surface area contributed by atoms with Crippen LogP contribution in [0.4, 0.5) is 5.82 Å². The zero-order valence-electron chi connectivity index (χ0n) is 16.9. The van der Waals surface area contributed by atoms with Gasteiger partial charge in [0.2, 0.25) is 0 Å². The second-order valence-electron chi connectivity index (χ2n) is 8.59. The van der Waals surface area contributed by atoms with Gasteiger partial charge in [-0.2, -0.15) is 0 Å². The fraction of sp³-hybridized carbons (Fsp3) is 0.500. The van der Waals surface area contributed by atoms with Crippen molar-refractivity contribution in [3.8, 4) is 11.3 Å². The molecule has 4 rings (SSSR count). The van der Waals surface area contributed by atoms with Gasteiger partial charge in [-0.05, 0) is 63.5 Å². The van der Waals surface area contributed by atoms with E-state index in [4.69, 9.17) is 16.3 Å². The Labute approximate surface area is 166 Å². The largest absolute Gasteiger partial charge is 0.399 e. The van der Waals surface area contributed by atoms with Crippen LogP contribution in [0.1, 0.15) is 56.2 Å². The first-order valence-electron chi connectivity index (χ1n) is 10.0. The van der Waals surface area contributed by atoms with E-state index in [9.17, 15) is 0 Å². The summed E-state index contributed by atoms with van der Waals surface area (Å²) in [6.45, 7) is 4.20. The Balaban J connectivity index is 1.78. The van der Waals surface area contributed by atoms with Crippen LogP contribution >= 0.6 is 0 Å². The lowest BCUT2D eigenvalue weighted by Gasteiger charge is -2.35. The van der Waals surface area contributed by atoms with E-state index in [-0.39, 0.29) is 0 Å². The second kappa shape index (κ2) is 7.17. The number of anilines is 1. The van der Waals surface area contributed by atoms with E-state index in [0.29, 0.717) is 17.8 Å². The highest BCUT2D eigenvalue weighted by atomic mass is 16.6. The summed E-state index contributed by atoms with van der Waals surface area (Å²) in [4.78, 5) is 14.0. The van der Waals surface area contributed by atoms with Crippen molar-refractivity contribution in [2.45, 2.75) is 57.4 Å². The molecule has 148 valence electrons. The Hall–Kier alpha value is -2.47. The molecule has 2 aliphatic rings. The predicted molar refractivity (Wildman–Crippen MR) is 112 cm³/mol. The summed E-state index contributed by atoms with van der Waals surface area (Å²) in [7, 11) is 1.58. The van der Waals surface area contributed by atoms with Crippen molar-refractivity contribution in [2.24, 2.45) is 16.8 Å². The van der Waals surface area contributed by atoms with Crippen LogP contribution in [0.3, 0.4) is 0 Å². The van der Waals surface area contributed by atoms with Crippen molar-refractivity contribution in [1.82, 2.24) is 9.97 Å². The molecule has 4 N–H and O–H groups in total. The average Bonchev–Trinajstić information content (AvgIpc) is 2.66. The Kier molecular flexibility index (Phi) is 4.83. The van der Waals surface area contributed by atoms with Crippen LogP contribution in [0.15, 0.2) is 29.7 Å². The van der Waals surface area contributed by atoms with E-state index in [1.807, 2.05) is 0 Å². The minimum Gasteiger partial charge on any atom is -0.399 e. The Bertz CT molecular complexity index is 913. The van der Waals surface area contributed by atoms with Crippen molar-refractivity contribution >= 4 is 11.5 Å². The first-order chi connectivity index (χ1) is 13.4. The monoisotopic (exact) mass is 379 g/mol. The molecule has 1 fully saturated rings. The van der Waals surface area contributed by atoms with Crippen LogP contribution in [-0.2, 0) is 16.7 Å². The molecule has 0 saturated heterocycles. The quantitative estimate of drug-likeness (QED) is 0.796. The number of nitrogens with two attached hydrogens (primary N) is 2. The predicted octanol–water partition coefficient (Wildman–Crippen LogP) is 3.43. The van der Waals surface area contributed by atoms with E-state index >= 15 is 0 Å². The summed E-state index contributed by atoms with van der Waals surface area (Å²) < 4.78 is 0. The standard InChI is InChI=1S/C22H29N5O/c1-22(2)18-19(25-12-26-21(18)24)16-9-6-14(11-17(16)20(22)27-28-3)10-13-4-7-15(23)8-5-13/h6,9,11-13,15H,4-5,7-8,10,23H2,1-3H3,(H2,24,25,26)/b27-20+/t13-,15-. The highest BCUT2D eigenvalue weighted by Gasteiger charge is 2.40. The second-order valence-corrected chi connectivity index (χ2v) is 8.59. The lowest BCUT2D eigenvalue weighted by molar-refractivity contribution is 0.211. The number of hydrogen-bond donors (Lipinski definition) is 2. The molecule has 0 radical (unpaired) electrons. The molecular formula is C22H29N5O. The smallest absolute Gasteiger partial charge is 0.131 e. The molecule has 1 aromatic heterocycles. The Morgan fingerprint density at radius 2 is 1.89 bits per heavy atom. The molecule has 28 heavy (non-hydrogen) atoms. The summed E-state index contributed by atoms with van der Waals surface area (Å²) in [5.74, 6) is 1.19. The molecule has 2 aliphatic carbocycles. The topological polar surface area (TPSA) is 99.4 Å². The SMILES string of the molecule is CO/N=C1\c2cc(C[C@H]3CC[C@H](N)CC3)ccc2-c2ncnc(N)c2C1(C)C. The maximum atomic E-state index is 6.24. The molecule has 0 bridgehead atoms. The number of nitrogen functional groups attached to an aromatic ring is 1. The summed E-state index contributed by atoms with van der Waals surface area (Å²) >= 11 is 0. The highest BCUT2D eigenvalue weighted by Crippen LogP contribution is 2.44. The van der Waals surface area contributed by atoms with E-state index in [2.05, 4.69) is 47.2 Å². The van der Waals surface area contributed by atoms with Gasteiger partial charge in [-0.15, -0.1) is 0 Å². The van der Waals surface area contributed by atoms with Crippen molar-refractivity contribution in [2.75, 3.05) is 12.8 Å². The number of nitrogens with zero attached hydrogens (tertiary/aromatic N) is 3. The Morgan fingerprint density at radius 1 is 1.14 bits per heavy atom. The van der Waals surface area contributed by atoms with E-state index in [1.54, 1.807) is 7.11 Å². The third kappa shape index (κ3) is 3.15. The van der Waals surface area contributed by atoms with Crippen LogP contribution in [-0.4, -0.2) is 28.8 Å². The van der Waals surface area contributed by atoms with Gasteiger partial charge in [0.25, 0.3) is 0 Å². The zero-order valence-corrected chi connectivity index (χ0v) is 16.9. The van der Waals surface area contributed by atoms with Gasteiger partial charge in [-0.1, -0.05) is 17.3 Å². The fourth-order valence-corrected chi connectivity index (χ4v) is 4.78. The normalized spacial score (nSPS) is 24.5. The van der Waals surface area contributed by atoms with E-state index < -0.39 is 5.41 Å². The maximum absolute atomic E-state index is 6.24. The third-order valence-corrected chi connectivity index (χ3v) is 6.29. The molecule has 1 aromatic carbocycles. The number of aromatic nitrogens is 2. The summed E-state index contributed by atoms with van der Waals surface area (Å²) in [6.07, 6.45) is 7.26. The van der Waals surface area contributed by atoms with Crippen LogP contribution < -0.4 is 11.5 Å². The van der Waals surface area contributed by atoms with Crippen LogP contribution in [0.2, 0.25) is 0 Å². The van der Waals surface area contributed by atoms with E-state index in [1.165, 1.54) is 24.7 Å². The molecule has 0 aliphatic heterocycles. The van der Waals surface area contributed by atoms with Gasteiger partial charge in [0.1, 0.15) is 19.3 Å². The molecule has 0 unspecified atom stereocenters. The molecular weight excluding hydrogens is 350 g/mol. The van der Waals surface area contributed by atoms with Gasteiger partial charge in [0, 0.05) is 28.1 Å². The van der Waals surface area contributed by atoms with Gasteiger partial charge in [0.15, 0.2) is 0 Å². The van der Waals surface area contributed by atoms with Gasteiger partial charge in [0.05, 0.1) is 11.4 Å². The number of fused-ring (bicyclic) bond motifs is 3. The lowest BCUT2D eigenvalue weighted by atomic mass is 9.69. The molecule has 1 heterocycles. The van der Waals surface area contributed by atoms with Crippen molar-refractivity contribution in [3.63, 3.8) is 0 Å². The van der Waals surface area contributed by atoms with Crippen molar-refractivity contribution in [1.29, 1.82) is 0 Å². The van der Waals surface area contributed by atoms with Gasteiger partial charge < -0.3 is 16.3 Å². The van der Waals surface area contributed by atoms with Gasteiger partial charge >= 0.3 is 0 Å². The molecule has 6 heteroatoms. The highest BCUT2D eigenvalue weighted by molar-refractivity contribution is 6.15. The first kappa shape index (κ1) is 18.9.